The number of methoxy groups -OCH3 is 3. The first-order valence-corrected chi connectivity index (χ1v) is 7.57. The summed E-state index contributed by atoms with van der Waals surface area (Å²) in [6.07, 6.45) is 0. The molecule has 6 nitrogen and oxygen atoms in total. The van der Waals surface area contributed by atoms with Gasteiger partial charge >= 0.3 is 0 Å². The van der Waals surface area contributed by atoms with Gasteiger partial charge in [0, 0.05) is 17.3 Å². The molecule has 1 amide bonds. The van der Waals surface area contributed by atoms with Crippen molar-refractivity contribution < 1.29 is 28.1 Å². The zero-order chi connectivity index (χ0) is 18.4. The van der Waals surface area contributed by atoms with Crippen LogP contribution in [-0.2, 0) is 0 Å². The van der Waals surface area contributed by atoms with Crippen LogP contribution in [0, 0.1) is 5.82 Å². The van der Waals surface area contributed by atoms with Crippen molar-refractivity contribution in [1.29, 1.82) is 0 Å². The molecule has 2 rings (SSSR count). The Morgan fingerprint density at radius 2 is 1.64 bits per heavy atom. The van der Waals surface area contributed by atoms with E-state index in [9.17, 15) is 9.18 Å². The zero-order valence-corrected chi connectivity index (χ0v) is 14.5. The van der Waals surface area contributed by atoms with E-state index >= 15 is 0 Å². The van der Waals surface area contributed by atoms with E-state index in [1.807, 2.05) is 0 Å². The van der Waals surface area contributed by atoms with Crippen LogP contribution in [0.25, 0.3) is 0 Å². The summed E-state index contributed by atoms with van der Waals surface area (Å²) in [5, 5.41) is 2.62. The predicted octanol–water partition coefficient (Wildman–Crippen LogP) is 3.50. The number of amides is 1. The Bertz CT molecular complexity index is 738. The van der Waals surface area contributed by atoms with E-state index in [2.05, 4.69) is 5.32 Å². The third-order valence-electron chi connectivity index (χ3n) is 3.42. The van der Waals surface area contributed by atoms with Crippen LogP contribution < -0.4 is 24.3 Å². The number of benzene rings is 2. The third-order valence-corrected chi connectivity index (χ3v) is 3.42. The topological polar surface area (TPSA) is 66.0 Å². The van der Waals surface area contributed by atoms with Gasteiger partial charge in [0.25, 0.3) is 5.91 Å². The first-order valence-electron chi connectivity index (χ1n) is 7.57. The van der Waals surface area contributed by atoms with E-state index < -0.39 is 11.7 Å². The van der Waals surface area contributed by atoms with Gasteiger partial charge in [-0.25, -0.2) is 4.39 Å². The van der Waals surface area contributed by atoms with Gasteiger partial charge in [-0.1, -0.05) is 0 Å². The number of halogens is 1. The van der Waals surface area contributed by atoms with E-state index in [-0.39, 0.29) is 11.3 Å². The lowest BCUT2D eigenvalue weighted by molar-refractivity contribution is 0.102. The second kappa shape index (κ2) is 8.23. The van der Waals surface area contributed by atoms with Gasteiger partial charge in [-0.05, 0) is 31.2 Å². The molecule has 2 aromatic carbocycles. The maximum atomic E-state index is 13.9. The summed E-state index contributed by atoms with van der Waals surface area (Å²) in [6, 6.07) is 7.25. The molecule has 0 fully saturated rings. The summed E-state index contributed by atoms with van der Waals surface area (Å²) in [5.74, 6) is 0.226. The Morgan fingerprint density at radius 3 is 2.12 bits per heavy atom. The maximum absolute atomic E-state index is 13.9. The minimum atomic E-state index is -0.551. The molecule has 0 bridgehead atoms. The third kappa shape index (κ3) is 4.12. The van der Waals surface area contributed by atoms with Crippen LogP contribution in [0.5, 0.6) is 23.0 Å². The highest BCUT2D eigenvalue weighted by atomic mass is 19.1. The maximum Gasteiger partial charge on any atom is 0.255 e. The molecule has 0 saturated heterocycles. The van der Waals surface area contributed by atoms with Crippen molar-refractivity contribution in [3.8, 4) is 23.0 Å². The van der Waals surface area contributed by atoms with E-state index in [1.54, 1.807) is 13.0 Å². The van der Waals surface area contributed by atoms with Gasteiger partial charge < -0.3 is 24.3 Å². The Labute approximate surface area is 145 Å². The molecule has 0 aliphatic heterocycles. The Balaban J connectivity index is 2.27. The van der Waals surface area contributed by atoms with Gasteiger partial charge in [-0.3, -0.25) is 4.79 Å². The molecular formula is C18H20FNO5. The van der Waals surface area contributed by atoms with Crippen LogP contribution in [0.15, 0.2) is 30.3 Å². The molecule has 0 heterocycles. The van der Waals surface area contributed by atoms with Crippen LogP contribution in [0.2, 0.25) is 0 Å². The van der Waals surface area contributed by atoms with Gasteiger partial charge in [-0.15, -0.1) is 0 Å². The summed E-state index contributed by atoms with van der Waals surface area (Å²) in [7, 11) is 4.39. The smallest absolute Gasteiger partial charge is 0.255 e. The Kier molecular flexibility index (Phi) is 6.05. The molecule has 0 saturated carbocycles. The molecule has 0 spiro atoms. The molecule has 0 radical (unpaired) electrons. The molecule has 1 N–H and O–H groups in total. The molecule has 25 heavy (non-hydrogen) atoms. The van der Waals surface area contributed by atoms with Gasteiger partial charge in [-0.2, -0.15) is 0 Å². The summed E-state index contributed by atoms with van der Waals surface area (Å²) in [4.78, 5) is 12.5. The Morgan fingerprint density at radius 1 is 1.00 bits per heavy atom. The minimum absolute atomic E-state index is 0.133. The summed E-state index contributed by atoms with van der Waals surface area (Å²) in [5.41, 5.74) is 0.587. The van der Waals surface area contributed by atoms with Gasteiger partial charge in [0.15, 0.2) is 23.1 Å². The fourth-order valence-corrected chi connectivity index (χ4v) is 2.27. The lowest BCUT2D eigenvalue weighted by Gasteiger charge is -2.14. The van der Waals surface area contributed by atoms with Crippen LogP contribution >= 0.6 is 0 Å². The highest BCUT2D eigenvalue weighted by Crippen LogP contribution is 2.38. The molecule has 0 unspecified atom stereocenters. The summed E-state index contributed by atoms with van der Waals surface area (Å²) in [6.45, 7) is 2.12. The Hall–Kier alpha value is -2.96. The average molecular weight is 349 g/mol. The number of ether oxygens (including phenoxy) is 4. The van der Waals surface area contributed by atoms with Gasteiger partial charge in [0.05, 0.1) is 27.9 Å². The predicted molar refractivity (Wildman–Crippen MR) is 91.6 cm³/mol. The van der Waals surface area contributed by atoms with Gasteiger partial charge in [0.1, 0.15) is 0 Å². The van der Waals surface area contributed by atoms with Crippen molar-refractivity contribution in [1.82, 2.24) is 0 Å². The summed E-state index contributed by atoms with van der Waals surface area (Å²) >= 11 is 0. The highest BCUT2D eigenvalue weighted by molar-refractivity contribution is 6.05. The van der Waals surface area contributed by atoms with Crippen LogP contribution in [-0.4, -0.2) is 33.8 Å². The number of rotatable bonds is 7. The molecule has 134 valence electrons. The molecule has 0 aliphatic rings. The van der Waals surface area contributed by atoms with Crippen molar-refractivity contribution in [2.24, 2.45) is 0 Å². The second-order valence-corrected chi connectivity index (χ2v) is 4.95. The largest absolute Gasteiger partial charge is 0.493 e. The normalized spacial score (nSPS) is 10.1. The van der Waals surface area contributed by atoms with E-state index in [1.165, 1.54) is 45.6 Å². The van der Waals surface area contributed by atoms with Crippen molar-refractivity contribution in [3.05, 3.63) is 41.7 Å². The lowest BCUT2D eigenvalue weighted by atomic mass is 10.1. The lowest BCUT2D eigenvalue weighted by Crippen LogP contribution is -2.13. The molecule has 7 heteroatoms. The molecule has 0 aliphatic carbocycles. The van der Waals surface area contributed by atoms with Crippen molar-refractivity contribution in [3.63, 3.8) is 0 Å². The van der Waals surface area contributed by atoms with Gasteiger partial charge in [0.2, 0.25) is 5.75 Å². The minimum Gasteiger partial charge on any atom is -0.493 e. The number of nitrogens with one attached hydrogen (secondary N) is 1. The first-order chi connectivity index (χ1) is 12.0. The van der Waals surface area contributed by atoms with E-state index in [0.717, 1.165) is 0 Å². The quantitative estimate of drug-likeness (QED) is 0.829. The SMILES string of the molecule is CCOc1ccc(NC(=O)c2cc(OC)c(OC)c(OC)c2)cc1F. The van der Waals surface area contributed by atoms with Crippen LogP contribution in [0.1, 0.15) is 17.3 Å². The number of hydrogen-bond donors (Lipinski definition) is 1. The van der Waals surface area contributed by atoms with Crippen molar-refractivity contribution in [2.45, 2.75) is 6.92 Å². The molecule has 2 aromatic rings. The van der Waals surface area contributed by atoms with E-state index in [0.29, 0.717) is 29.5 Å². The monoisotopic (exact) mass is 349 g/mol. The molecule has 0 aromatic heterocycles. The number of carbonyl (C=O) groups is 1. The number of hydrogen-bond acceptors (Lipinski definition) is 5. The first kappa shape index (κ1) is 18.4. The average Bonchev–Trinajstić information content (AvgIpc) is 2.62. The van der Waals surface area contributed by atoms with Crippen LogP contribution in [0.3, 0.4) is 0 Å². The fourth-order valence-electron chi connectivity index (χ4n) is 2.27. The molecular weight excluding hydrogens is 329 g/mol. The number of anilines is 1. The highest BCUT2D eigenvalue weighted by Gasteiger charge is 2.17. The zero-order valence-electron chi connectivity index (χ0n) is 14.5. The standard InChI is InChI=1S/C18H20FNO5/c1-5-25-14-7-6-12(10-13(14)19)20-18(21)11-8-15(22-2)17(24-4)16(9-11)23-3/h6-10H,5H2,1-4H3,(H,20,21). The van der Waals surface area contributed by atoms with E-state index in [4.69, 9.17) is 18.9 Å². The second-order valence-electron chi connectivity index (χ2n) is 4.95. The van der Waals surface area contributed by atoms with Crippen molar-refractivity contribution >= 4 is 11.6 Å². The molecule has 0 atom stereocenters. The van der Waals surface area contributed by atoms with Crippen molar-refractivity contribution in [2.75, 3.05) is 33.3 Å². The summed E-state index contributed by atoms with van der Waals surface area (Å²) < 4.78 is 34.7. The number of carbonyl (C=O) groups excluding carboxylic acids is 1. The fraction of sp³-hybridized carbons (Fsp3) is 0.278. The van der Waals surface area contributed by atoms with Crippen LogP contribution in [0.4, 0.5) is 10.1 Å².